The lowest BCUT2D eigenvalue weighted by Crippen LogP contribution is -2.32. The third kappa shape index (κ3) is 2.78. The van der Waals surface area contributed by atoms with Crippen LogP contribution >= 0.6 is 15.9 Å². The molecule has 0 unspecified atom stereocenters. The summed E-state index contributed by atoms with van der Waals surface area (Å²) in [5.74, 6) is -0.265. The van der Waals surface area contributed by atoms with E-state index in [1.807, 2.05) is 24.3 Å². The molecule has 0 bridgehead atoms. The average molecular weight is 325 g/mol. The largest absolute Gasteiger partial charge is 0.494 e. The number of H-pyrrole nitrogens is 1. The van der Waals surface area contributed by atoms with Crippen molar-refractivity contribution in [3.8, 4) is 5.88 Å². The minimum absolute atomic E-state index is 0.210. The van der Waals surface area contributed by atoms with Gasteiger partial charge in [-0.3, -0.25) is 14.3 Å². The monoisotopic (exact) mass is 324 g/mol. The zero-order valence-electron chi connectivity index (χ0n) is 10.3. The van der Waals surface area contributed by atoms with E-state index in [0.29, 0.717) is 6.42 Å². The minimum atomic E-state index is -0.609. The normalized spacial score (nSPS) is 10.6. The average Bonchev–Trinajstić information content (AvgIpc) is 2.37. The number of halogens is 1. The summed E-state index contributed by atoms with van der Waals surface area (Å²) in [6, 6.07) is 7.38. The van der Waals surface area contributed by atoms with Crippen LogP contribution in [0.15, 0.2) is 38.3 Å². The molecule has 0 aliphatic heterocycles. The molecule has 2 rings (SSSR count). The van der Waals surface area contributed by atoms with E-state index in [4.69, 9.17) is 0 Å². The third-order valence-corrected chi connectivity index (χ3v) is 3.40. The Bertz CT molecular complexity index is 701. The molecule has 1 aromatic heterocycles. The molecule has 5 nitrogen and oxygen atoms in total. The Balaban J connectivity index is 2.48. The van der Waals surface area contributed by atoms with Gasteiger partial charge in [0.05, 0.1) is 12.1 Å². The number of aromatic nitrogens is 2. The van der Waals surface area contributed by atoms with Gasteiger partial charge in [-0.2, -0.15) is 0 Å². The standard InChI is InChI=1S/C13H13BrN2O3/c1-2-10-11(17)15-13(19)16(12(10)18)7-8-3-5-9(14)6-4-8/h3-6,18H,2,7H2,1H3,(H,15,17,19). The molecule has 0 fully saturated rings. The Morgan fingerprint density at radius 1 is 1.26 bits per heavy atom. The van der Waals surface area contributed by atoms with E-state index in [1.165, 1.54) is 0 Å². The van der Waals surface area contributed by atoms with Gasteiger partial charge in [-0.05, 0) is 24.1 Å². The fourth-order valence-electron chi connectivity index (χ4n) is 1.84. The first-order valence-corrected chi connectivity index (χ1v) is 6.61. The Kier molecular flexibility index (Phi) is 3.90. The topological polar surface area (TPSA) is 75.1 Å². The molecule has 0 spiro atoms. The highest BCUT2D eigenvalue weighted by molar-refractivity contribution is 9.10. The van der Waals surface area contributed by atoms with Gasteiger partial charge < -0.3 is 5.11 Å². The maximum atomic E-state index is 11.7. The van der Waals surface area contributed by atoms with Gasteiger partial charge in [0.2, 0.25) is 5.88 Å². The smallest absolute Gasteiger partial charge is 0.331 e. The van der Waals surface area contributed by atoms with E-state index in [1.54, 1.807) is 6.92 Å². The SMILES string of the molecule is CCc1c(O)n(Cc2ccc(Br)cc2)c(=O)[nH]c1=O. The van der Waals surface area contributed by atoms with Crippen LogP contribution in [0.4, 0.5) is 0 Å². The van der Waals surface area contributed by atoms with Gasteiger partial charge in [0, 0.05) is 4.47 Å². The highest BCUT2D eigenvalue weighted by atomic mass is 79.9. The lowest BCUT2D eigenvalue weighted by molar-refractivity contribution is 0.402. The van der Waals surface area contributed by atoms with E-state index in [0.717, 1.165) is 14.6 Å². The van der Waals surface area contributed by atoms with Crippen molar-refractivity contribution < 1.29 is 5.11 Å². The number of aromatic amines is 1. The fraction of sp³-hybridized carbons (Fsp3) is 0.231. The van der Waals surface area contributed by atoms with Gasteiger partial charge in [-0.15, -0.1) is 0 Å². The van der Waals surface area contributed by atoms with Gasteiger partial charge in [-0.25, -0.2) is 4.79 Å². The summed E-state index contributed by atoms with van der Waals surface area (Å²) in [4.78, 5) is 25.5. The van der Waals surface area contributed by atoms with Gasteiger partial charge in [0.25, 0.3) is 5.56 Å². The second kappa shape index (κ2) is 5.44. The molecule has 2 N–H and O–H groups in total. The quantitative estimate of drug-likeness (QED) is 0.900. The van der Waals surface area contributed by atoms with Gasteiger partial charge in [0.15, 0.2) is 0 Å². The number of nitrogens with one attached hydrogen (secondary N) is 1. The molecule has 0 saturated carbocycles. The molecule has 0 aliphatic rings. The summed E-state index contributed by atoms with van der Waals surface area (Å²) in [7, 11) is 0. The van der Waals surface area contributed by atoms with Crippen molar-refractivity contribution in [3.05, 3.63) is 60.7 Å². The molecule has 0 atom stereocenters. The van der Waals surface area contributed by atoms with E-state index in [-0.39, 0.29) is 18.0 Å². The molecule has 6 heteroatoms. The summed E-state index contributed by atoms with van der Waals surface area (Å²) < 4.78 is 2.09. The Labute approximate surface area is 117 Å². The minimum Gasteiger partial charge on any atom is -0.494 e. The fourth-order valence-corrected chi connectivity index (χ4v) is 2.10. The molecule has 1 heterocycles. The molecule has 0 aliphatic carbocycles. The van der Waals surface area contributed by atoms with Gasteiger partial charge in [0.1, 0.15) is 0 Å². The predicted octanol–water partition coefficient (Wildman–Crippen LogP) is 1.62. The first-order valence-electron chi connectivity index (χ1n) is 5.82. The highest BCUT2D eigenvalue weighted by Gasteiger charge is 2.12. The van der Waals surface area contributed by atoms with Crippen LogP contribution in [0.25, 0.3) is 0 Å². The van der Waals surface area contributed by atoms with Gasteiger partial charge in [-0.1, -0.05) is 35.0 Å². The Morgan fingerprint density at radius 2 is 1.89 bits per heavy atom. The number of rotatable bonds is 3. The summed E-state index contributed by atoms with van der Waals surface area (Å²) in [6.45, 7) is 1.96. The maximum absolute atomic E-state index is 11.7. The van der Waals surface area contributed by atoms with Crippen molar-refractivity contribution in [2.24, 2.45) is 0 Å². The zero-order chi connectivity index (χ0) is 14.0. The number of benzene rings is 1. The number of nitrogens with zero attached hydrogens (tertiary/aromatic N) is 1. The second-order valence-electron chi connectivity index (χ2n) is 4.13. The van der Waals surface area contributed by atoms with E-state index in [2.05, 4.69) is 20.9 Å². The van der Waals surface area contributed by atoms with Crippen molar-refractivity contribution in [3.63, 3.8) is 0 Å². The highest BCUT2D eigenvalue weighted by Crippen LogP contribution is 2.15. The van der Waals surface area contributed by atoms with Crippen LogP contribution in [-0.2, 0) is 13.0 Å². The van der Waals surface area contributed by atoms with Crippen molar-refractivity contribution in [2.45, 2.75) is 19.9 Å². The van der Waals surface area contributed by atoms with Crippen molar-refractivity contribution in [2.75, 3.05) is 0 Å². The molecular formula is C13H13BrN2O3. The Hall–Kier alpha value is -1.82. The van der Waals surface area contributed by atoms with Crippen molar-refractivity contribution in [1.82, 2.24) is 9.55 Å². The molecular weight excluding hydrogens is 312 g/mol. The number of aromatic hydroxyl groups is 1. The first-order chi connectivity index (χ1) is 9.02. The second-order valence-corrected chi connectivity index (χ2v) is 5.04. The van der Waals surface area contributed by atoms with Crippen LogP contribution in [0.5, 0.6) is 5.88 Å². The first kappa shape index (κ1) is 13.6. The maximum Gasteiger partial charge on any atom is 0.331 e. The van der Waals surface area contributed by atoms with Crippen LogP contribution in [0.3, 0.4) is 0 Å². The van der Waals surface area contributed by atoms with Crippen molar-refractivity contribution in [1.29, 1.82) is 0 Å². The van der Waals surface area contributed by atoms with Crippen molar-refractivity contribution >= 4 is 15.9 Å². The number of hydrogen-bond acceptors (Lipinski definition) is 3. The lowest BCUT2D eigenvalue weighted by Gasteiger charge is -2.10. The molecule has 100 valence electrons. The molecule has 1 aromatic carbocycles. The van der Waals surface area contributed by atoms with Crippen LogP contribution in [0.2, 0.25) is 0 Å². The summed E-state index contributed by atoms with van der Waals surface area (Å²) >= 11 is 3.33. The molecule has 0 saturated heterocycles. The van der Waals surface area contributed by atoms with Gasteiger partial charge >= 0.3 is 5.69 Å². The summed E-state index contributed by atoms with van der Waals surface area (Å²) in [6.07, 6.45) is 0.363. The van der Waals surface area contributed by atoms with Crippen LogP contribution in [0, 0.1) is 0 Å². The van der Waals surface area contributed by atoms with E-state index < -0.39 is 11.2 Å². The Morgan fingerprint density at radius 3 is 2.47 bits per heavy atom. The molecule has 2 aromatic rings. The van der Waals surface area contributed by atoms with Crippen LogP contribution in [0.1, 0.15) is 18.1 Å². The summed E-state index contributed by atoms with van der Waals surface area (Å²) in [5.41, 5.74) is -0.0638. The molecule has 0 radical (unpaired) electrons. The van der Waals surface area contributed by atoms with Crippen LogP contribution in [-0.4, -0.2) is 14.7 Å². The summed E-state index contributed by atoms with van der Waals surface area (Å²) in [5, 5.41) is 10.0. The molecule has 0 amide bonds. The van der Waals surface area contributed by atoms with E-state index in [9.17, 15) is 14.7 Å². The number of hydrogen-bond donors (Lipinski definition) is 2. The van der Waals surface area contributed by atoms with E-state index >= 15 is 0 Å². The zero-order valence-corrected chi connectivity index (χ0v) is 11.9. The van der Waals surface area contributed by atoms with Crippen LogP contribution < -0.4 is 11.2 Å². The predicted molar refractivity (Wildman–Crippen MR) is 75.6 cm³/mol. The molecule has 19 heavy (non-hydrogen) atoms. The third-order valence-electron chi connectivity index (χ3n) is 2.87. The lowest BCUT2D eigenvalue weighted by atomic mass is 10.2.